The normalized spacial score (nSPS) is 29.3. The second-order valence-electron chi connectivity index (χ2n) is 25.5. The molecule has 16 heteroatoms. The van der Waals surface area contributed by atoms with Crippen molar-refractivity contribution < 1.29 is 75.1 Å². The molecule has 0 aromatic carbocycles. The molecule has 78 heavy (non-hydrogen) atoms. The molecule has 8 bridgehead atoms. The number of halogens is 3. The Labute approximate surface area is 463 Å². The molecule has 0 aromatic rings. The lowest BCUT2D eigenvalue weighted by atomic mass is 9.47. The Morgan fingerprint density at radius 3 is 1.45 bits per heavy atom. The highest BCUT2D eigenvalue weighted by Crippen LogP contribution is 2.62. The summed E-state index contributed by atoms with van der Waals surface area (Å²) in [6.07, 6.45) is 14.0. The zero-order valence-corrected chi connectivity index (χ0v) is 49.2. The van der Waals surface area contributed by atoms with Crippen molar-refractivity contribution in [2.75, 3.05) is 6.61 Å². The highest BCUT2D eigenvalue weighted by Gasteiger charge is 2.63. The van der Waals surface area contributed by atoms with E-state index in [-0.39, 0.29) is 41.1 Å². The summed E-state index contributed by atoms with van der Waals surface area (Å²) < 4.78 is 73.6. The van der Waals surface area contributed by atoms with Crippen LogP contribution >= 0.6 is 0 Å². The summed E-state index contributed by atoms with van der Waals surface area (Å²) in [5.41, 5.74) is -0.423. The van der Waals surface area contributed by atoms with Crippen molar-refractivity contribution in [1.82, 2.24) is 0 Å². The number of carbonyl (C=O) groups is 6. The van der Waals surface area contributed by atoms with E-state index in [0.717, 1.165) is 63.2 Å². The number of rotatable bonds is 16. The van der Waals surface area contributed by atoms with E-state index in [1.165, 1.54) is 71.1 Å². The highest BCUT2D eigenvalue weighted by atomic mass is 19.4. The van der Waals surface area contributed by atoms with Gasteiger partial charge in [-0.15, -0.1) is 0 Å². The smallest absolute Gasteiger partial charge is 0.465 e. The van der Waals surface area contributed by atoms with E-state index in [1.807, 2.05) is 20.8 Å². The van der Waals surface area contributed by atoms with Crippen molar-refractivity contribution >= 4 is 36.0 Å². The molecule has 0 N–H and O–H groups in total. The van der Waals surface area contributed by atoms with Crippen molar-refractivity contribution in [2.24, 2.45) is 41.4 Å². The van der Waals surface area contributed by atoms with Crippen molar-refractivity contribution in [1.29, 1.82) is 0 Å². The number of hydrogen-bond donors (Lipinski definition) is 0. The molecule has 0 saturated heterocycles. The zero-order valence-electron chi connectivity index (χ0n) is 49.2. The predicted octanol–water partition coefficient (Wildman–Crippen LogP) is 14.9. The molecule has 0 spiro atoms. The van der Waals surface area contributed by atoms with Gasteiger partial charge in [-0.05, 0) is 193 Å². The predicted molar refractivity (Wildman–Crippen MR) is 291 cm³/mol. The minimum Gasteiger partial charge on any atom is -0.465 e. The Bertz CT molecular complexity index is 2120. The maximum Gasteiger partial charge on any atom is 0.509 e. The average molecular weight is 1110 g/mol. The molecule has 0 aromatic heterocycles. The van der Waals surface area contributed by atoms with Crippen LogP contribution < -0.4 is 0 Å². The molecule has 9 fully saturated rings. The van der Waals surface area contributed by atoms with Gasteiger partial charge in [-0.25, -0.2) is 24.0 Å². The number of esters is 5. The Morgan fingerprint density at radius 2 is 1.03 bits per heavy atom. The Morgan fingerprint density at radius 1 is 0.590 bits per heavy atom. The van der Waals surface area contributed by atoms with Crippen LogP contribution in [0.25, 0.3) is 0 Å². The van der Waals surface area contributed by atoms with E-state index in [9.17, 15) is 41.9 Å². The Kier molecular flexibility index (Phi) is 23.4. The van der Waals surface area contributed by atoms with Crippen LogP contribution in [-0.2, 0) is 57.1 Å². The third-order valence-electron chi connectivity index (χ3n) is 16.9. The van der Waals surface area contributed by atoms with E-state index >= 15 is 0 Å². The van der Waals surface area contributed by atoms with Gasteiger partial charge in [0.1, 0.15) is 34.1 Å². The fourth-order valence-corrected chi connectivity index (χ4v) is 13.9. The molecule has 9 saturated carbocycles. The van der Waals surface area contributed by atoms with Crippen LogP contribution in [0.2, 0.25) is 0 Å². The van der Waals surface area contributed by atoms with E-state index in [0.29, 0.717) is 59.2 Å². The summed E-state index contributed by atoms with van der Waals surface area (Å²) in [4.78, 5) is 70.5. The SMILES string of the molecule is C=C(C)C(=O)OC(CC)CC(=O)OCCC(F)(F)F.C=C(C)C(=O)OC1(C(C)C)C2CC3CC(C2)CC1C3.C=C(C)C(=O)OC1(CC)CCCCCCC1.C=C(C)C(=O)OC12CC3CC(CC(OC(=O)OC(C)(C)C)(C3)C1)C2. The van der Waals surface area contributed by atoms with Crippen molar-refractivity contribution in [3.05, 3.63) is 48.6 Å². The first-order chi connectivity index (χ1) is 36.2. The molecule has 442 valence electrons. The van der Waals surface area contributed by atoms with Gasteiger partial charge in [-0.2, -0.15) is 13.2 Å². The maximum absolute atomic E-state index is 12.2. The lowest BCUT2D eigenvalue weighted by Gasteiger charge is -2.61. The number of ether oxygens (including phenoxy) is 7. The molecule has 0 aliphatic heterocycles. The Balaban J connectivity index is 0.000000227. The molecule has 3 atom stereocenters. The van der Waals surface area contributed by atoms with Gasteiger partial charge in [0.05, 0.1) is 19.4 Å². The zero-order chi connectivity index (χ0) is 58.6. The standard InChI is InChI=1S/C19H28O5.C17H26O2.C14H24O2.C12H17F3O4/c1-12(2)15(20)22-18-7-13-6-14(8-18)10-19(9-13,11-18)24-16(21)23-17(3,4)5;1-10(2)16(18)19-17(11(3)4)14-6-12-5-13(8-14)9-15(17)7-12;1-4-14(16-13(15)12(2)3)10-8-6-5-7-9-11-14;1-4-9(19-11(17)8(2)3)7-10(16)18-6-5-12(13,14)15/h13-14H,1,6-11H2,2-5H3;11-15H,1,5-9H2,2-4H3;2,4-11H2,1,3H3;9H,2,4-7H2,1,3H3. The molecule has 0 amide bonds. The summed E-state index contributed by atoms with van der Waals surface area (Å²) in [5.74, 6) is 2.05. The lowest BCUT2D eigenvalue weighted by molar-refractivity contribution is -0.223. The van der Waals surface area contributed by atoms with Crippen LogP contribution in [0, 0.1) is 41.4 Å². The van der Waals surface area contributed by atoms with Gasteiger partial charge in [-0.3, -0.25) is 4.79 Å². The topological polar surface area (TPSA) is 167 Å². The van der Waals surface area contributed by atoms with Gasteiger partial charge >= 0.3 is 42.2 Å². The third-order valence-corrected chi connectivity index (χ3v) is 16.9. The van der Waals surface area contributed by atoms with Gasteiger partial charge in [0.15, 0.2) is 0 Å². The summed E-state index contributed by atoms with van der Waals surface area (Å²) in [6.45, 7) is 34.1. The van der Waals surface area contributed by atoms with E-state index < -0.39 is 60.2 Å². The van der Waals surface area contributed by atoms with Crippen LogP contribution in [0.15, 0.2) is 48.6 Å². The van der Waals surface area contributed by atoms with Crippen LogP contribution in [0.5, 0.6) is 0 Å². The van der Waals surface area contributed by atoms with Gasteiger partial charge in [0, 0.05) is 28.7 Å². The first kappa shape index (κ1) is 65.9. The molecule has 3 unspecified atom stereocenters. The molecular formula is C62H95F3O13. The third kappa shape index (κ3) is 19.0. The van der Waals surface area contributed by atoms with Gasteiger partial charge in [-0.1, -0.05) is 73.3 Å². The first-order valence-corrected chi connectivity index (χ1v) is 28.9. The van der Waals surface area contributed by atoms with Gasteiger partial charge in [0.2, 0.25) is 0 Å². The molecule has 13 nitrogen and oxygen atoms in total. The summed E-state index contributed by atoms with van der Waals surface area (Å²) >= 11 is 0. The molecule has 9 aliphatic rings. The van der Waals surface area contributed by atoms with Crippen LogP contribution in [0.4, 0.5) is 18.0 Å². The fraction of sp³-hybridized carbons (Fsp3) is 0.774. The molecule has 0 radical (unpaired) electrons. The van der Waals surface area contributed by atoms with Crippen molar-refractivity contribution in [3.8, 4) is 0 Å². The molecule has 0 heterocycles. The van der Waals surface area contributed by atoms with Crippen molar-refractivity contribution in [3.63, 3.8) is 0 Å². The number of carbonyl (C=O) groups excluding carboxylic acids is 6. The summed E-state index contributed by atoms with van der Waals surface area (Å²) in [6, 6.07) is 0. The van der Waals surface area contributed by atoms with E-state index in [1.54, 1.807) is 27.7 Å². The van der Waals surface area contributed by atoms with Crippen LogP contribution in [0.3, 0.4) is 0 Å². The van der Waals surface area contributed by atoms with Gasteiger partial charge < -0.3 is 33.2 Å². The average Bonchev–Trinajstić information content (AvgIpc) is 3.29. The second kappa shape index (κ2) is 27.7. The van der Waals surface area contributed by atoms with E-state index in [2.05, 4.69) is 51.8 Å². The van der Waals surface area contributed by atoms with Gasteiger partial charge in [0.25, 0.3) is 0 Å². The molecule has 9 rings (SSSR count). The number of hydrogen-bond acceptors (Lipinski definition) is 13. The summed E-state index contributed by atoms with van der Waals surface area (Å²) in [5, 5.41) is 0. The minimum absolute atomic E-state index is 0.179. The quantitative estimate of drug-likeness (QED) is 0.0814. The Hall–Kier alpha value is -4.63. The highest BCUT2D eigenvalue weighted by molar-refractivity contribution is 5.88. The fourth-order valence-electron chi connectivity index (χ4n) is 13.9. The monoisotopic (exact) mass is 1100 g/mol. The van der Waals surface area contributed by atoms with E-state index in [4.69, 9.17) is 28.4 Å². The largest absolute Gasteiger partial charge is 0.509 e. The maximum atomic E-state index is 12.2. The van der Waals surface area contributed by atoms with Crippen LogP contribution in [0.1, 0.15) is 217 Å². The second-order valence-corrected chi connectivity index (χ2v) is 25.5. The minimum atomic E-state index is -4.36. The van der Waals surface area contributed by atoms with Crippen molar-refractivity contribution in [2.45, 2.75) is 258 Å². The lowest BCUT2D eigenvalue weighted by Crippen LogP contribution is -2.62. The number of alkyl halides is 3. The first-order valence-electron chi connectivity index (χ1n) is 28.9. The molecular weight excluding hydrogens is 1010 g/mol. The summed E-state index contributed by atoms with van der Waals surface area (Å²) in [7, 11) is 0. The van der Waals surface area contributed by atoms with Crippen LogP contribution in [-0.4, -0.2) is 82.9 Å². The molecule has 9 aliphatic carbocycles.